The molecule has 2 rings (SSSR count). The zero-order valence-corrected chi connectivity index (χ0v) is 14.0. The van der Waals surface area contributed by atoms with E-state index >= 15 is 0 Å². The molecule has 0 saturated heterocycles. The first-order chi connectivity index (χ1) is 10.3. The van der Waals surface area contributed by atoms with Crippen LogP contribution in [0.5, 0.6) is 0 Å². The largest absolute Gasteiger partial charge is 0.368 e. The van der Waals surface area contributed by atoms with Gasteiger partial charge in [-0.05, 0) is 29.5 Å². The zero-order chi connectivity index (χ0) is 16.2. The van der Waals surface area contributed by atoms with Gasteiger partial charge in [0.25, 0.3) is 0 Å². The van der Waals surface area contributed by atoms with Gasteiger partial charge in [0.05, 0.1) is 0 Å². The van der Waals surface area contributed by atoms with E-state index in [9.17, 15) is 8.42 Å². The molecule has 5 heteroatoms. The summed E-state index contributed by atoms with van der Waals surface area (Å²) in [6, 6.07) is 13.5. The minimum absolute atomic E-state index is 0.0202. The summed E-state index contributed by atoms with van der Waals surface area (Å²) in [6.07, 6.45) is 3.70. The molecule has 0 unspecified atom stereocenters. The lowest BCUT2D eigenvalue weighted by atomic mass is 9.85. The molecule has 0 fully saturated rings. The molecule has 1 aromatic carbocycles. The highest BCUT2D eigenvalue weighted by molar-refractivity contribution is 7.90. The van der Waals surface area contributed by atoms with Gasteiger partial charge in [-0.3, -0.25) is 0 Å². The van der Waals surface area contributed by atoms with E-state index in [1.165, 1.54) is 11.8 Å². The predicted molar refractivity (Wildman–Crippen MR) is 89.8 cm³/mol. The molecule has 1 N–H and O–H groups in total. The van der Waals surface area contributed by atoms with E-state index in [-0.39, 0.29) is 10.3 Å². The average molecular weight is 318 g/mol. The highest BCUT2D eigenvalue weighted by atomic mass is 32.2. The fourth-order valence-electron chi connectivity index (χ4n) is 2.36. The summed E-state index contributed by atoms with van der Waals surface area (Å²) in [4.78, 5) is 4.41. The van der Waals surface area contributed by atoms with Gasteiger partial charge in [-0.25, -0.2) is 13.4 Å². The topological polar surface area (TPSA) is 59.1 Å². The summed E-state index contributed by atoms with van der Waals surface area (Å²) in [7, 11) is -3.29. The van der Waals surface area contributed by atoms with Crippen molar-refractivity contribution in [2.45, 2.75) is 25.2 Å². The Hall–Kier alpha value is -1.88. The molecule has 22 heavy (non-hydrogen) atoms. The van der Waals surface area contributed by atoms with Crippen LogP contribution in [0.15, 0.2) is 53.6 Å². The third-order valence-electron chi connectivity index (χ3n) is 3.43. The number of hydrogen-bond donors (Lipinski definition) is 1. The molecule has 118 valence electrons. The minimum atomic E-state index is -3.29. The van der Waals surface area contributed by atoms with Crippen molar-refractivity contribution in [2.24, 2.45) is 5.41 Å². The number of hydrogen-bond acceptors (Lipinski definition) is 4. The van der Waals surface area contributed by atoms with E-state index in [4.69, 9.17) is 0 Å². The molecular formula is C17H22N2O2S. The van der Waals surface area contributed by atoms with Crippen molar-refractivity contribution < 1.29 is 8.42 Å². The summed E-state index contributed by atoms with van der Waals surface area (Å²) in [5, 5.41) is 3.19. The van der Waals surface area contributed by atoms with Gasteiger partial charge in [0.1, 0.15) is 10.7 Å². The maximum Gasteiger partial charge on any atom is 0.179 e. The van der Waals surface area contributed by atoms with E-state index in [0.29, 0.717) is 12.4 Å². The van der Waals surface area contributed by atoms with Gasteiger partial charge in [-0.2, -0.15) is 0 Å². The molecule has 2 aromatic rings. The van der Waals surface area contributed by atoms with Crippen LogP contribution >= 0.6 is 0 Å². The summed E-state index contributed by atoms with van der Waals surface area (Å²) >= 11 is 0. The standard InChI is InChI=1S/C17H22N2O2S/c1-17(2,12-14-8-5-4-6-9-14)13-19-16-15(22(3,20)21)10-7-11-18-16/h4-11H,12-13H2,1-3H3,(H,18,19). The van der Waals surface area contributed by atoms with Crippen LogP contribution < -0.4 is 5.32 Å². The first-order valence-electron chi connectivity index (χ1n) is 7.21. The molecule has 0 aliphatic heterocycles. The number of anilines is 1. The van der Waals surface area contributed by atoms with Crippen LogP contribution in [0.2, 0.25) is 0 Å². The van der Waals surface area contributed by atoms with Crippen molar-refractivity contribution in [3.05, 3.63) is 54.2 Å². The van der Waals surface area contributed by atoms with Crippen LogP contribution in [-0.2, 0) is 16.3 Å². The van der Waals surface area contributed by atoms with Crippen LogP contribution in [0.25, 0.3) is 0 Å². The number of pyridine rings is 1. The summed E-state index contributed by atoms with van der Waals surface area (Å²) in [5.74, 6) is 0.422. The number of benzene rings is 1. The second kappa shape index (κ2) is 6.48. The fourth-order valence-corrected chi connectivity index (χ4v) is 3.16. The van der Waals surface area contributed by atoms with Crippen molar-refractivity contribution in [1.29, 1.82) is 0 Å². The molecule has 0 aliphatic rings. The van der Waals surface area contributed by atoms with Crippen molar-refractivity contribution in [3.63, 3.8) is 0 Å². The van der Waals surface area contributed by atoms with E-state index in [1.54, 1.807) is 18.3 Å². The SMILES string of the molecule is CC(C)(CNc1ncccc1S(C)(=O)=O)Cc1ccccc1. The molecule has 0 aliphatic carbocycles. The van der Waals surface area contributed by atoms with E-state index in [2.05, 4.69) is 36.3 Å². The fraction of sp³-hybridized carbons (Fsp3) is 0.353. The van der Waals surface area contributed by atoms with E-state index < -0.39 is 9.84 Å². The van der Waals surface area contributed by atoms with Gasteiger partial charge >= 0.3 is 0 Å². The minimum Gasteiger partial charge on any atom is -0.368 e. The molecule has 0 amide bonds. The van der Waals surface area contributed by atoms with Crippen molar-refractivity contribution >= 4 is 15.7 Å². The third-order valence-corrected chi connectivity index (χ3v) is 4.56. The van der Waals surface area contributed by atoms with Crippen LogP contribution in [0, 0.1) is 5.41 Å². The van der Waals surface area contributed by atoms with E-state index in [0.717, 1.165) is 6.42 Å². The number of nitrogens with zero attached hydrogens (tertiary/aromatic N) is 1. The Morgan fingerprint density at radius 2 is 1.77 bits per heavy atom. The molecule has 0 bridgehead atoms. The Kier molecular flexibility index (Phi) is 4.86. The Morgan fingerprint density at radius 1 is 1.09 bits per heavy atom. The smallest absolute Gasteiger partial charge is 0.179 e. The van der Waals surface area contributed by atoms with E-state index in [1.807, 2.05) is 18.2 Å². The monoisotopic (exact) mass is 318 g/mol. The van der Waals surface area contributed by atoms with Gasteiger partial charge in [0.15, 0.2) is 9.84 Å². The van der Waals surface area contributed by atoms with Gasteiger partial charge in [-0.1, -0.05) is 44.2 Å². The Labute approximate surface area is 132 Å². The predicted octanol–water partition coefficient (Wildman–Crippen LogP) is 3.17. The van der Waals surface area contributed by atoms with Gasteiger partial charge < -0.3 is 5.32 Å². The Balaban J connectivity index is 2.10. The first kappa shape index (κ1) is 16.5. The molecule has 0 atom stereocenters. The second-order valence-electron chi connectivity index (χ2n) is 6.30. The van der Waals surface area contributed by atoms with Crippen LogP contribution in [0.3, 0.4) is 0 Å². The highest BCUT2D eigenvalue weighted by Gasteiger charge is 2.20. The van der Waals surface area contributed by atoms with Crippen molar-refractivity contribution in [1.82, 2.24) is 4.98 Å². The maximum atomic E-state index is 11.8. The normalized spacial score (nSPS) is 12.1. The number of rotatable bonds is 6. The second-order valence-corrected chi connectivity index (χ2v) is 8.29. The summed E-state index contributed by atoms with van der Waals surface area (Å²) in [5.41, 5.74) is 1.24. The molecule has 0 spiro atoms. The number of aromatic nitrogens is 1. The zero-order valence-electron chi connectivity index (χ0n) is 13.2. The summed E-state index contributed by atoms with van der Waals surface area (Å²) < 4.78 is 23.6. The first-order valence-corrected chi connectivity index (χ1v) is 9.10. The molecular weight excluding hydrogens is 296 g/mol. The molecule has 4 nitrogen and oxygen atoms in total. The molecule has 0 saturated carbocycles. The molecule has 1 aromatic heterocycles. The number of nitrogens with one attached hydrogen (secondary N) is 1. The third kappa shape index (κ3) is 4.56. The lowest BCUT2D eigenvalue weighted by Crippen LogP contribution is -2.26. The maximum absolute atomic E-state index is 11.8. The van der Waals surface area contributed by atoms with Crippen LogP contribution in [0.4, 0.5) is 5.82 Å². The summed E-state index contributed by atoms with van der Waals surface area (Å²) in [6.45, 7) is 4.94. The van der Waals surface area contributed by atoms with Gasteiger partial charge in [0.2, 0.25) is 0 Å². The van der Waals surface area contributed by atoms with Gasteiger partial charge in [-0.15, -0.1) is 0 Å². The van der Waals surface area contributed by atoms with Gasteiger partial charge in [0, 0.05) is 19.0 Å². The average Bonchev–Trinajstić information content (AvgIpc) is 2.45. The molecule has 0 radical (unpaired) electrons. The highest BCUT2D eigenvalue weighted by Crippen LogP contribution is 2.24. The van der Waals surface area contributed by atoms with Crippen molar-refractivity contribution in [2.75, 3.05) is 18.1 Å². The lowest BCUT2D eigenvalue weighted by Gasteiger charge is -2.26. The molecule has 1 heterocycles. The quantitative estimate of drug-likeness (QED) is 0.889. The Morgan fingerprint density at radius 3 is 2.41 bits per heavy atom. The lowest BCUT2D eigenvalue weighted by molar-refractivity contribution is 0.388. The number of sulfone groups is 1. The van der Waals surface area contributed by atoms with Crippen LogP contribution in [0.1, 0.15) is 19.4 Å². The Bertz CT molecular complexity index is 725. The van der Waals surface area contributed by atoms with Crippen molar-refractivity contribution in [3.8, 4) is 0 Å². The van der Waals surface area contributed by atoms with Crippen LogP contribution in [-0.4, -0.2) is 26.2 Å².